The van der Waals surface area contributed by atoms with E-state index in [-0.39, 0.29) is 4.75 Å². The van der Waals surface area contributed by atoms with Crippen LogP contribution in [0.4, 0.5) is 0 Å². The lowest BCUT2D eigenvalue weighted by Gasteiger charge is -2.16. The van der Waals surface area contributed by atoms with Crippen molar-refractivity contribution in [2.45, 2.75) is 25.5 Å². The lowest BCUT2D eigenvalue weighted by molar-refractivity contribution is 0.644. The van der Waals surface area contributed by atoms with Gasteiger partial charge in [-0.25, -0.2) is 4.21 Å². The monoisotopic (exact) mass is 147 g/mol. The maximum absolute atomic E-state index is 11.0. The van der Waals surface area contributed by atoms with Crippen molar-refractivity contribution in [3.8, 4) is 0 Å². The first-order valence-corrected chi connectivity index (χ1v) is 3.92. The molecular weight excluding hydrogens is 134 g/mol. The van der Waals surface area contributed by atoms with Crippen LogP contribution in [-0.4, -0.2) is 8.96 Å². The Bertz CT molecular complexity index is 126. The molecule has 0 aromatic rings. The van der Waals surface area contributed by atoms with E-state index >= 15 is 0 Å². The second-order valence-electron chi connectivity index (χ2n) is 2.70. The van der Waals surface area contributed by atoms with Gasteiger partial charge in [-0.3, -0.25) is 0 Å². The van der Waals surface area contributed by atoms with Gasteiger partial charge in [0.2, 0.25) is 0 Å². The first kappa shape index (κ1) is 8.69. The molecule has 0 aliphatic heterocycles. The molecule has 1 unspecified atom stereocenters. The van der Waals surface area contributed by atoms with Gasteiger partial charge in [-0.15, -0.1) is 0 Å². The summed E-state index contributed by atoms with van der Waals surface area (Å²) in [5.41, 5.74) is 0. The Hall–Kier alpha value is -0.310. The van der Waals surface area contributed by atoms with E-state index in [0.717, 1.165) is 0 Å². The van der Waals surface area contributed by atoms with Crippen LogP contribution in [0.3, 0.4) is 0 Å². The topological polar surface area (TPSA) is 29.1 Å². The van der Waals surface area contributed by atoms with Crippen LogP contribution in [0.25, 0.3) is 0 Å². The van der Waals surface area contributed by atoms with Gasteiger partial charge < -0.3 is 4.72 Å². The van der Waals surface area contributed by atoms with E-state index in [1.807, 2.05) is 20.8 Å². The minimum Gasteiger partial charge on any atom is -0.312 e. The summed E-state index contributed by atoms with van der Waals surface area (Å²) in [4.78, 5) is 0. The fourth-order valence-electron chi connectivity index (χ4n) is 0.252. The Balaban J connectivity index is 3.88. The molecular formula is C6H13NOS. The molecule has 2 nitrogen and oxygen atoms in total. The zero-order chi connectivity index (χ0) is 7.49. The van der Waals surface area contributed by atoms with Crippen molar-refractivity contribution in [1.82, 2.24) is 4.72 Å². The van der Waals surface area contributed by atoms with Gasteiger partial charge in [-0.2, -0.15) is 0 Å². The Morgan fingerprint density at radius 2 is 2.00 bits per heavy atom. The summed E-state index contributed by atoms with van der Waals surface area (Å²) in [6, 6.07) is 0. The molecule has 0 radical (unpaired) electrons. The molecule has 54 valence electrons. The molecule has 1 atom stereocenters. The predicted octanol–water partition coefficient (Wildman–Crippen LogP) is 1.18. The van der Waals surface area contributed by atoms with Crippen molar-refractivity contribution in [2.24, 2.45) is 0 Å². The number of hydrogen-bond acceptors (Lipinski definition) is 1. The van der Waals surface area contributed by atoms with Crippen LogP contribution in [0.2, 0.25) is 0 Å². The minimum absolute atomic E-state index is 0.200. The standard InChI is InChI=1S/C6H13NOS/c1-5-7-9(8)6(2,3)4/h5,7H,1H2,2-4H3. The van der Waals surface area contributed by atoms with Crippen LogP contribution in [0.15, 0.2) is 12.8 Å². The molecule has 0 spiro atoms. The second kappa shape index (κ2) is 3.01. The normalized spacial score (nSPS) is 14.6. The Morgan fingerprint density at radius 3 is 2.11 bits per heavy atom. The van der Waals surface area contributed by atoms with Crippen LogP contribution in [0.5, 0.6) is 0 Å². The van der Waals surface area contributed by atoms with Gasteiger partial charge in [0.05, 0.1) is 4.75 Å². The molecule has 0 saturated heterocycles. The first-order valence-electron chi connectivity index (χ1n) is 2.77. The second-order valence-corrected chi connectivity index (χ2v) is 4.70. The minimum atomic E-state index is -1.01. The Labute approximate surface area is 58.9 Å². The van der Waals surface area contributed by atoms with Crippen molar-refractivity contribution in [3.05, 3.63) is 12.8 Å². The molecule has 9 heavy (non-hydrogen) atoms. The highest BCUT2D eigenvalue weighted by Gasteiger charge is 2.17. The third kappa shape index (κ3) is 3.30. The summed E-state index contributed by atoms with van der Waals surface area (Å²) in [7, 11) is -1.01. The van der Waals surface area contributed by atoms with E-state index in [0.29, 0.717) is 0 Å². The molecule has 0 amide bonds. The van der Waals surface area contributed by atoms with Crippen molar-refractivity contribution in [1.29, 1.82) is 0 Å². The van der Waals surface area contributed by atoms with Crippen LogP contribution >= 0.6 is 0 Å². The van der Waals surface area contributed by atoms with Crippen molar-refractivity contribution in [2.75, 3.05) is 0 Å². The highest BCUT2D eigenvalue weighted by molar-refractivity contribution is 7.84. The predicted molar refractivity (Wildman–Crippen MR) is 41.2 cm³/mol. The third-order valence-electron chi connectivity index (χ3n) is 0.747. The van der Waals surface area contributed by atoms with Crippen LogP contribution in [0.1, 0.15) is 20.8 Å². The van der Waals surface area contributed by atoms with Gasteiger partial charge in [0, 0.05) is 6.20 Å². The maximum atomic E-state index is 11.0. The molecule has 1 N–H and O–H groups in total. The van der Waals surface area contributed by atoms with E-state index in [4.69, 9.17) is 0 Å². The largest absolute Gasteiger partial charge is 0.312 e. The zero-order valence-electron chi connectivity index (χ0n) is 6.10. The Morgan fingerprint density at radius 1 is 1.56 bits per heavy atom. The van der Waals surface area contributed by atoms with Crippen LogP contribution < -0.4 is 4.72 Å². The molecule has 3 heteroatoms. The average molecular weight is 147 g/mol. The molecule has 0 aliphatic rings. The van der Waals surface area contributed by atoms with E-state index in [2.05, 4.69) is 11.3 Å². The lowest BCUT2D eigenvalue weighted by Crippen LogP contribution is -2.29. The molecule has 0 aromatic carbocycles. The SMILES string of the molecule is C=CNS(=O)C(C)(C)C. The summed E-state index contributed by atoms with van der Waals surface area (Å²) < 4.78 is 13.4. The highest BCUT2D eigenvalue weighted by Crippen LogP contribution is 2.07. The van der Waals surface area contributed by atoms with Gasteiger partial charge in [-0.1, -0.05) is 6.58 Å². The fourth-order valence-corrected chi connectivity index (χ4v) is 0.757. The fraction of sp³-hybridized carbons (Fsp3) is 0.667. The first-order chi connectivity index (χ1) is 3.98. The number of hydrogen-bond donors (Lipinski definition) is 1. The van der Waals surface area contributed by atoms with Gasteiger partial charge in [0.25, 0.3) is 0 Å². The maximum Gasteiger partial charge on any atom is 0.122 e. The highest BCUT2D eigenvalue weighted by atomic mass is 32.2. The summed E-state index contributed by atoms with van der Waals surface area (Å²) in [5, 5.41) is 0. The van der Waals surface area contributed by atoms with E-state index in [1.165, 1.54) is 6.20 Å². The summed E-state index contributed by atoms with van der Waals surface area (Å²) in [6.07, 6.45) is 1.45. The van der Waals surface area contributed by atoms with Crippen molar-refractivity contribution >= 4 is 11.0 Å². The van der Waals surface area contributed by atoms with Crippen molar-refractivity contribution < 1.29 is 4.21 Å². The summed E-state index contributed by atoms with van der Waals surface area (Å²) in [6.45, 7) is 9.12. The number of rotatable bonds is 2. The summed E-state index contributed by atoms with van der Waals surface area (Å²) >= 11 is 0. The molecule has 0 aliphatic carbocycles. The Kier molecular flexibility index (Phi) is 2.91. The molecule has 0 aromatic heterocycles. The van der Waals surface area contributed by atoms with Gasteiger partial charge in [0.15, 0.2) is 0 Å². The smallest absolute Gasteiger partial charge is 0.122 e. The molecule has 0 saturated carbocycles. The summed E-state index contributed by atoms with van der Waals surface area (Å²) in [5.74, 6) is 0. The zero-order valence-corrected chi connectivity index (χ0v) is 6.92. The van der Waals surface area contributed by atoms with E-state index in [1.54, 1.807) is 0 Å². The third-order valence-corrected chi connectivity index (χ3v) is 2.24. The molecule has 0 rings (SSSR count). The lowest BCUT2D eigenvalue weighted by atomic mass is 10.3. The molecule has 0 bridgehead atoms. The van der Waals surface area contributed by atoms with Crippen LogP contribution in [-0.2, 0) is 11.0 Å². The van der Waals surface area contributed by atoms with Gasteiger partial charge >= 0.3 is 0 Å². The molecule has 0 heterocycles. The van der Waals surface area contributed by atoms with Crippen molar-refractivity contribution in [3.63, 3.8) is 0 Å². The quantitative estimate of drug-likeness (QED) is 0.624. The average Bonchev–Trinajstić information content (AvgIpc) is 1.64. The van der Waals surface area contributed by atoms with Crippen LogP contribution in [0, 0.1) is 0 Å². The van der Waals surface area contributed by atoms with Gasteiger partial charge in [0.1, 0.15) is 11.0 Å². The van der Waals surface area contributed by atoms with E-state index < -0.39 is 11.0 Å². The molecule has 0 fully saturated rings. The number of nitrogens with one attached hydrogen (secondary N) is 1. The van der Waals surface area contributed by atoms with Gasteiger partial charge in [-0.05, 0) is 20.8 Å². The van der Waals surface area contributed by atoms with E-state index in [9.17, 15) is 4.21 Å².